The van der Waals surface area contributed by atoms with E-state index in [0.29, 0.717) is 17.2 Å². The molecule has 0 aliphatic carbocycles. The molecule has 0 radical (unpaired) electrons. The molecule has 88 valence electrons. The Balaban J connectivity index is 2.70. The Morgan fingerprint density at radius 1 is 1.44 bits per heavy atom. The lowest BCUT2D eigenvalue weighted by Gasteiger charge is -2.16. The van der Waals surface area contributed by atoms with Crippen LogP contribution in [0.25, 0.3) is 0 Å². The second-order valence-electron chi connectivity index (χ2n) is 4.79. The van der Waals surface area contributed by atoms with Crippen molar-refractivity contribution in [2.75, 3.05) is 0 Å². The van der Waals surface area contributed by atoms with Crippen molar-refractivity contribution < 1.29 is 9.53 Å². The van der Waals surface area contributed by atoms with E-state index in [4.69, 9.17) is 16.3 Å². The van der Waals surface area contributed by atoms with Crippen molar-refractivity contribution in [1.82, 2.24) is 0 Å². The van der Waals surface area contributed by atoms with Gasteiger partial charge in [-0.2, -0.15) is 0 Å². The van der Waals surface area contributed by atoms with Crippen molar-refractivity contribution in [1.29, 1.82) is 0 Å². The highest BCUT2D eigenvalue weighted by atomic mass is 127. The summed E-state index contributed by atoms with van der Waals surface area (Å²) >= 11 is 7.91. The first-order valence-electron chi connectivity index (χ1n) is 4.94. The van der Waals surface area contributed by atoms with Gasteiger partial charge in [0.05, 0.1) is 9.99 Å². The molecule has 0 saturated carbocycles. The zero-order valence-corrected chi connectivity index (χ0v) is 12.4. The van der Waals surface area contributed by atoms with Gasteiger partial charge in [-0.05, 0) is 46.2 Å². The first-order chi connectivity index (χ1) is 7.28. The number of carbonyl (C=O) groups is 1. The first-order valence-corrected chi connectivity index (χ1v) is 6.39. The highest BCUT2D eigenvalue weighted by molar-refractivity contribution is 14.1. The minimum absolute atomic E-state index is 0.0606. The second-order valence-corrected chi connectivity index (χ2v) is 6.38. The van der Waals surface area contributed by atoms with Gasteiger partial charge in [0.25, 0.3) is 0 Å². The van der Waals surface area contributed by atoms with Gasteiger partial charge in [0.15, 0.2) is 0 Å². The molecule has 0 fully saturated rings. The zero-order valence-electron chi connectivity index (χ0n) is 9.51. The van der Waals surface area contributed by atoms with E-state index >= 15 is 0 Å². The lowest BCUT2D eigenvalue weighted by atomic mass is 9.92. The molecule has 0 saturated heterocycles. The Kier molecular flexibility index (Phi) is 4.62. The number of halogens is 2. The van der Waals surface area contributed by atoms with E-state index in [-0.39, 0.29) is 11.4 Å². The van der Waals surface area contributed by atoms with Crippen LogP contribution in [0.4, 0.5) is 0 Å². The van der Waals surface area contributed by atoms with Crippen LogP contribution in [0.3, 0.4) is 0 Å². The van der Waals surface area contributed by atoms with E-state index in [2.05, 4.69) is 22.6 Å². The van der Waals surface area contributed by atoms with Crippen LogP contribution in [-0.4, -0.2) is 5.97 Å². The van der Waals surface area contributed by atoms with Gasteiger partial charge >= 0.3 is 5.97 Å². The lowest BCUT2D eigenvalue weighted by Crippen LogP contribution is -2.17. The average molecular weight is 353 g/mol. The minimum Gasteiger partial charge on any atom is -0.425 e. The molecule has 1 rings (SSSR count). The normalized spacial score (nSPS) is 11.3. The van der Waals surface area contributed by atoms with Gasteiger partial charge in [-0.25, -0.2) is 0 Å². The number of hydrogen-bond donors (Lipinski definition) is 0. The third kappa shape index (κ3) is 4.70. The van der Waals surface area contributed by atoms with E-state index < -0.39 is 0 Å². The molecule has 0 aliphatic heterocycles. The number of ether oxygens (including phenoxy) is 1. The van der Waals surface area contributed by atoms with Crippen LogP contribution < -0.4 is 4.74 Å². The molecule has 0 amide bonds. The van der Waals surface area contributed by atoms with Crippen molar-refractivity contribution >= 4 is 40.2 Å². The molecule has 0 atom stereocenters. The average Bonchev–Trinajstić information content (AvgIpc) is 2.06. The van der Waals surface area contributed by atoms with E-state index in [1.165, 1.54) is 0 Å². The predicted octanol–water partition coefficient (Wildman–Crippen LogP) is 4.29. The summed E-state index contributed by atoms with van der Waals surface area (Å²) in [5.41, 5.74) is -0.0606. The molecule has 1 aromatic rings. The SMILES string of the molecule is CC(C)(C)CC(=O)Oc1ccc(Cl)cc1I. The van der Waals surface area contributed by atoms with Crippen LogP contribution in [0.2, 0.25) is 5.02 Å². The Bertz CT molecular complexity index is 396. The molecule has 0 spiro atoms. The number of carbonyl (C=O) groups excluding carboxylic acids is 1. The molecule has 4 heteroatoms. The van der Waals surface area contributed by atoms with Crippen molar-refractivity contribution in [3.63, 3.8) is 0 Å². The molecule has 0 bridgehead atoms. The smallest absolute Gasteiger partial charge is 0.311 e. The highest BCUT2D eigenvalue weighted by Gasteiger charge is 2.18. The summed E-state index contributed by atoms with van der Waals surface area (Å²) in [7, 11) is 0. The quantitative estimate of drug-likeness (QED) is 0.451. The largest absolute Gasteiger partial charge is 0.425 e. The summed E-state index contributed by atoms with van der Waals surface area (Å²) in [5.74, 6) is 0.354. The Morgan fingerprint density at radius 2 is 2.06 bits per heavy atom. The zero-order chi connectivity index (χ0) is 12.3. The van der Waals surface area contributed by atoms with Gasteiger partial charge in [-0.15, -0.1) is 0 Å². The lowest BCUT2D eigenvalue weighted by molar-refractivity contribution is -0.136. The predicted molar refractivity (Wildman–Crippen MR) is 73.9 cm³/mol. The Morgan fingerprint density at radius 3 is 2.56 bits per heavy atom. The molecule has 2 nitrogen and oxygen atoms in total. The molecule has 0 N–H and O–H groups in total. The highest BCUT2D eigenvalue weighted by Crippen LogP contribution is 2.26. The van der Waals surface area contributed by atoms with E-state index in [9.17, 15) is 4.79 Å². The third-order valence-corrected chi connectivity index (χ3v) is 2.87. The van der Waals surface area contributed by atoms with E-state index in [0.717, 1.165) is 3.57 Å². The molecule has 0 aromatic heterocycles. The number of rotatable bonds is 2. The number of hydrogen-bond acceptors (Lipinski definition) is 2. The summed E-state index contributed by atoms with van der Waals surface area (Å²) in [6.07, 6.45) is 0.395. The molecular formula is C12H14ClIO2. The molecular weight excluding hydrogens is 338 g/mol. The standard InChI is InChI=1S/C12H14ClIO2/c1-12(2,3)7-11(15)16-10-5-4-8(13)6-9(10)14/h4-6H,7H2,1-3H3. The van der Waals surface area contributed by atoms with Gasteiger partial charge in [0.1, 0.15) is 5.75 Å². The molecule has 0 aliphatic rings. The Labute approximate surface area is 114 Å². The van der Waals surface area contributed by atoms with Crippen LogP contribution in [0.15, 0.2) is 18.2 Å². The minimum atomic E-state index is -0.215. The Hall–Kier alpha value is -0.290. The topological polar surface area (TPSA) is 26.3 Å². The monoisotopic (exact) mass is 352 g/mol. The van der Waals surface area contributed by atoms with Crippen LogP contribution in [0, 0.1) is 8.99 Å². The van der Waals surface area contributed by atoms with E-state index in [1.54, 1.807) is 18.2 Å². The fourth-order valence-electron chi connectivity index (χ4n) is 1.15. The third-order valence-electron chi connectivity index (χ3n) is 1.79. The molecule has 0 unspecified atom stereocenters. The van der Waals surface area contributed by atoms with Crippen molar-refractivity contribution in [2.24, 2.45) is 5.41 Å². The van der Waals surface area contributed by atoms with Crippen molar-refractivity contribution in [3.8, 4) is 5.75 Å². The van der Waals surface area contributed by atoms with Gasteiger partial charge < -0.3 is 4.74 Å². The maximum absolute atomic E-state index is 11.6. The van der Waals surface area contributed by atoms with Crippen molar-refractivity contribution in [2.45, 2.75) is 27.2 Å². The molecule has 0 heterocycles. The van der Waals surface area contributed by atoms with E-state index in [1.807, 2.05) is 20.8 Å². The number of esters is 1. The summed E-state index contributed by atoms with van der Waals surface area (Å²) in [5, 5.41) is 0.639. The van der Waals surface area contributed by atoms with Gasteiger partial charge in [0, 0.05) is 5.02 Å². The van der Waals surface area contributed by atoms with Crippen LogP contribution in [0.5, 0.6) is 5.75 Å². The van der Waals surface area contributed by atoms with Crippen molar-refractivity contribution in [3.05, 3.63) is 26.8 Å². The van der Waals surface area contributed by atoms with Gasteiger partial charge in [0.2, 0.25) is 0 Å². The molecule has 1 aromatic carbocycles. The summed E-state index contributed by atoms with van der Waals surface area (Å²) < 4.78 is 6.11. The fraction of sp³-hybridized carbons (Fsp3) is 0.417. The second kappa shape index (κ2) is 5.36. The van der Waals surface area contributed by atoms with Crippen LogP contribution in [0.1, 0.15) is 27.2 Å². The fourth-order valence-corrected chi connectivity index (χ4v) is 2.13. The summed E-state index contributed by atoms with van der Waals surface area (Å²) in [6.45, 7) is 6.00. The summed E-state index contributed by atoms with van der Waals surface area (Å²) in [6, 6.07) is 5.19. The van der Waals surface area contributed by atoms with Gasteiger partial charge in [-0.3, -0.25) is 4.79 Å². The number of benzene rings is 1. The first kappa shape index (κ1) is 13.8. The molecule has 16 heavy (non-hydrogen) atoms. The summed E-state index contributed by atoms with van der Waals surface area (Å²) in [4.78, 5) is 11.6. The maximum atomic E-state index is 11.6. The van der Waals surface area contributed by atoms with Crippen LogP contribution in [-0.2, 0) is 4.79 Å². The van der Waals surface area contributed by atoms with Crippen LogP contribution >= 0.6 is 34.2 Å². The maximum Gasteiger partial charge on any atom is 0.311 e. The van der Waals surface area contributed by atoms with Gasteiger partial charge in [-0.1, -0.05) is 32.4 Å².